The molecule has 2 aliphatic heterocycles. The first-order valence-corrected chi connectivity index (χ1v) is 12.2. The summed E-state index contributed by atoms with van der Waals surface area (Å²) in [6.07, 6.45) is 10.5. The van der Waals surface area contributed by atoms with E-state index in [0.717, 1.165) is 50.0 Å². The lowest BCUT2D eigenvalue weighted by Gasteiger charge is -2.52. The Morgan fingerprint density at radius 1 is 0.935 bits per heavy atom. The van der Waals surface area contributed by atoms with E-state index >= 15 is 0 Å². The highest BCUT2D eigenvalue weighted by atomic mass is 16.7. The third kappa shape index (κ3) is 3.93. The van der Waals surface area contributed by atoms with Crippen molar-refractivity contribution in [2.24, 2.45) is 11.8 Å². The number of carbonyl (C=O) groups is 1. The van der Waals surface area contributed by atoms with Crippen LogP contribution in [-0.2, 0) is 19.9 Å². The van der Waals surface area contributed by atoms with Gasteiger partial charge in [-0.05, 0) is 43.6 Å². The summed E-state index contributed by atoms with van der Waals surface area (Å²) >= 11 is 0. The SMILES string of the molecule is O=C(O)C1Oc2cc(N3CCOCC3)ccc2C(C2CCCCC2)(C2CCCCC2)O1. The molecule has 1 saturated heterocycles. The first kappa shape index (κ1) is 21.1. The van der Waals surface area contributed by atoms with Gasteiger partial charge in [-0.1, -0.05) is 44.6 Å². The molecule has 0 spiro atoms. The van der Waals surface area contributed by atoms with E-state index in [1.165, 1.54) is 38.5 Å². The molecule has 0 amide bonds. The lowest BCUT2D eigenvalue weighted by atomic mass is 9.63. The standard InChI is InChI=1S/C25H35NO5/c27-23(28)24-30-22-17-20(26-13-15-29-16-14-26)11-12-21(22)25(31-24,18-7-3-1-4-8-18)19-9-5-2-6-10-19/h11-12,17-19,24H,1-10,13-16H2,(H,27,28). The highest BCUT2D eigenvalue weighted by Crippen LogP contribution is 2.56. The number of nitrogens with zero attached hydrogens (tertiary/aromatic N) is 1. The molecule has 4 aliphatic rings. The number of carboxylic acids is 1. The Morgan fingerprint density at radius 2 is 1.55 bits per heavy atom. The Balaban J connectivity index is 1.59. The average Bonchev–Trinajstić information content (AvgIpc) is 2.84. The summed E-state index contributed by atoms with van der Waals surface area (Å²) in [6.45, 7) is 3.11. The van der Waals surface area contributed by atoms with E-state index in [1.807, 2.05) is 0 Å². The molecule has 1 aromatic carbocycles. The van der Waals surface area contributed by atoms with E-state index < -0.39 is 17.9 Å². The van der Waals surface area contributed by atoms with Crippen LogP contribution in [0.15, 0.2) is 18.2 Å². The fourth-order valence-electron chi connectivity index (χ4n) is 6.46. The molecule has 6 nitrogen and oxygen atoms in total. The highest BCUT2D eigenvalue weighted by Gasteiger charge is 2.54. The number of rotatable bonds is 4. The summed E-state index contributed by atoms with van der Waals surface area (Å²) in [6, 6.07) is 6.42. The fourth-order valence-corrected chi connectivity index (χ4v) is 6.46. The van der Waals surface area contributed by atoms with Crippen molar-refractivity contribution in [3.05, 3.63) is 23.8 Å². The van der Waals surface area contributed by atoms with Gasteiger partial charge < -0.3 is 24.2 Å². The zero-order valence-corrected chi connectivity index (χ0v) is 18.4. The summed E-state index contributed by atoms with van der Waals surface area (Å²) in [5, 5.41) is 9.93. The van der Waals surface area contributed by atoms with Crippen molar-refractivity contribution in [1.29, 1.82) is 0 Å². The molecule has 31 heavy (non-hydrogen) atoms. The van der Waals surface area contributed by atoms with Gasteiger partial charge in [-0.15, -0.1) is 0 Å². The van der Waals surface area contributed by atoms with Crippen LogP contribution in [0.2, 0.25) is 0 Å². The highest BCUT2D eigenvalue weighted by molar-refractivity contribution is 5.72. The number of carboxylic acid groups (broad SMARTS) is 1. The third-order valence-electron chi connectivity index (χ3n) is 7.92. The molecule has 1 unspecified atom stereocenters. The van der Waals surface area contributed by atoms with Gasteiger partial charge in [0.2, 0.25) is 0 Å². The lowest BCUT2D eigenvalue weighted by molar-refractivity contribution is -0.252. The van der Waals surface area contributed by atoms with Gasteiger partial charge in [0.25, 0.3) is 6.29 Å². The van der Waals surface area contributed by atoms with E-state index in [4.69, 9.17) is 14.2 Å². The Bertz CT molecular complexity index is 760. The van der Waals surface area contributed by atoms with Crippen molar-refractivity contribution in [2.75, 3.05) is 31.2 Å². The molecule has 170 valence electrons. The van der Waals surface area contributed by atoms with Crippen molar-refractivity contribution in [2.45, 2.75) is 76.1 Å². The molecule has 1 aromatic rings. The Morgan fingerprint density at radius 3 is 2.13 bits per heavy atom. The average molecular weight is 430 g/mol. The first-order chi connectivity index (χ1) is 15.2. The number of morpholine rings is 1. The number of fused-ring (bicyclic) bond motifs is 1. The summed E-state index contributed by atoms with van der Waals surface area (Å²) in [4.78, 5) is 14.4. The van der Waals surface area contributed by atoms with Gasteiger partial charge in [-0.25, -0.2) is 4.79 Å². The van der Waals surface area contributed by atoms with Crippen LogP contribution in [0.25, 0.3) is 0 Å². The largest absolute Gasteiger partial charge is 0.477 e. The summed E-state index contributed by atoms with van der Waals surface area (Å²) < 4.78 is 18.1. The van der Waals surface area contributed by atoms with Crippen molar-refractivity contribution in [3.8, 4) is 5.75 Å². The smallest absolute Gasteiger partial charge is 0.373 e. The predicted molar refractivity (Wildman–Crippen MR) is 117 cm³/mol. The lowest BCUT2D eigenvalue weighted by Crippen LogP contribution is -2.54. The number of ether oxygens (including phenoxy) is 3. The van der Waals surface area contributed by atoms with Crippen molar-refractivity contribution < 1.29 is 24.1 Å². The van der Waals surface area contributed by atoms with Gasteiger partial charge in [-0.3, -0.25) is 0 Å². The molecule has 2 heterocycles. The zero-order valence-electron chi connectivity index (χ0n) is 18.4. The van der Waals surface area contributed by atoms with Crippen LogP contribution in [0.3, 0.4) is 0 Å². The monoisotopic (exact) mass is 429 g/mol. The molecule has 0 aromatic heterocycles. The topological polar surface area (TPSA) is 68.2 Å². The van der Waals surface area contributed by atoms with Gasteiger partial charge in [0.15, 0.2) is 0 Å². The van der Waals surface area contributed by atoms with E-state index in [-0.39, 0.29) is 0 Å². The van der Waals surface area contributed by atoms with Gasteiger partial charge >= 0.3 is 5.97 Å². The second-order valence-corrected chi connectivity index (χ2v) is 9.65. The number of aliphatic carboxylic acids is 1. The molecular weight excluding hydrogens is 394 g/mol. The van der Waals surface area contributed by atoms with Crippen LogP contribution in [0.5, 0.6) is 5.75 Å². The quantitative estimate of drug-likeness (QED) is 0.748. The molecule has 6 heteroatoms. The zero-order chi connectivity index (χ0) is 21.3. The Labute approximate surface area is 184 Å². The third-order valence-corrected chi connectivity index (χ3v) is 7.92. The molecule has 3 fully saturated rings. The number of hydrogen-bond acceptors (Lipinski definition) is 5. The van der Waals surface area contributed by atoms with Crippen LogP contribution in [0.4, 0.5) is 5.69 Å². The van der Waals surface area contributed by atoms with Crippen LogP contribution in [-0.4, -0.2) is 43.7 Å². The number of anilines is 1. The van der Waals surface area contributed by atoms with Crippen molar-refractivity contribution >= 4 is 11.7 Å². The Kier molecular flexibility index (Phi) is 6.11. The van der Waals surface area contributed by atoms with Crippen LogP contribution in [0, 0.1) is 11.8 Å². The van der Waals surface area contributed by atoms with Crippen LogP contribution >= 0.6 is 0 Å². The van der Waals surface area contributed by atoms with E-state index in [9.17, 15) is 9.90 Å². The minimum absolute atomic E-state index is 0.350. The summed E-state index contributed by atoms with van der Waals surface area (Å²) in [5.41, 5.74) is 1.61. The second kappa shape index (κ2) is 8.99. The number of hydrogen-bond donors (Lipinski definition) is 1. The first-order valence-electron chi connectivity index (χ1n) is 12.2. The van der Waals surface area contributed by atoms with Gasteiger partial charge in [0.1, 0.15) is 11.4 Å². The van der Waals surface area contributed by atoms with Crippen molar-refractivity contribution in [1.82, 2.24) is 0 Å². The normalized spacial score (nSPS) is 27.4. The minimum atomic E-state index is -1.24. The van der Waals surface area contributed by atoms with Crippen LogP contribution < -0.4 is 9.64 Å². The summed E-state index contributed by atoms with van der Waals surface area (Å²) in [5.74, 6) is 0.378. The van der Waals surface area contributed by atoms with E-state index in [1.54, 1.807) is 0 Å². The maximum absolute atomic E-state index is 12.1. The molecule has 2 aliphatic carbocycles. The molecule has 0 radical (unpaired) electrons. The molecule has 5 rings (SSSR count). The molecule has 0 bridgehead atoms. The van der Waals surface area contributed by atoms with Crippen LogP contribution in [0.1, 0.15) is 69.8 Å². The maximum atomic E-state index is 12.1. The van der Waals surface area contributed by atoms with Gasteiger partial charge in [0, 0.05) is 30.4 Å². The number of benzene rings is 1. The van der Waals surface area contributed by atoms with E-state index in [2.05, 4.69) is 23.1 Å². The van der Waals surface area contributed by atoms with Crippen molar-refractivity contribution in [3.63, 3.8) is 0 Å². The molecule has 1 atom stereocenters. The minimum Gasteiger partial charge on any atom is -0.477 e. The van der Waals surface area contributed by atoms with E-state index in [0.29, 0.717) is 30.8 Å². The maximum Gasteiger partial charge on any atom is 0.373 e. The molecule has 2 saturated carbocycles. The summed E-state index contributed by atoms with van der Waals surface area (Å²) in [7, 11) is 0. The molecular formula is C25H35NO5. The Hall–Kier alpha value is -1.79. The predicted octanol–water partition coefficient (Wildman–Crippen LogP) is 4.70. The molecule has 1 N–H and O–H groups in total. The second-order valence-electron chi connectivity index (χ2n) is 9.65. The fraction of sp³-hybridized carbons (Fsp3) is 0.720. The van der Waals surface area contributed by atoms with Gasteiger partial charge in [0.05, 0.1) is 13.2 Å². The van der Waals surface area contributed by atoms with Gasteiger partial charge in [-0.2, -0.15) is 0 Å².